The highest BCUT2D eigenvalue weighted by Gasteiger charge is 2.18. The van der Waals surface area contributed by atoms with Crippen LogP contribution in [0, 0.1) is 0 Å². The first-order valence-electron chi connectivity index (χ1n) is 8.94. The Morgan fingerprint density at radius 2 is 1.77 bits per heavy atom. The summed E-state index contributed by atoms with van der Waals surface area (Å²) in [4.78, 5) is 8.12. The van der Waals surface area contributed by atoms with E-state index < -0.39 is 0 Å². The van der Waals surface area contributed by atoms with E-state index in [1.54, 1.807) is 11.3 Å². The summed E-state index contributed by atoms with van der Waals surface area (Å²) in [6.45, 7) is 5.14. The van der Waals surface area contributed by atoms with Gasteiger partial charge in [0.05, 0.1) is 30.3 Å². The summed E-state index contributed by atoms with van der Waals surface area (Å²) in [5.41, 5.74) is 1.91. The Bertz CT molecular complexity index is 899. The van der Waals surface area contributed by atoms with Crippen LogP contribution in [0.25, 0.3) is 10.1 Å². The van der Waals surface area contributed by atoms with Gasteiger partial charge < -0.3 is 9.84 Å². The predicted molar refractivity (Wildman–Crippen MR) is 108 cm³/mol. The van der Waals surface area contributed by atoms with Crippen molar-refractivity contribution in [3.8, 4) is 5.75 Å². The van der Waals surface area contributed by atoms with Gasteiger partial charge in [0, 0.05) is 35.3 Å². The Labute approximate surface area is 157 Å². The molecule has 3 aromatic rings. The lowest BCUT2D eigenvalue weighted by Crippen LogP contribution is -2.37. The summed E-state index contributed by atoms with van der Waals surface area (Å²) in [5, 5.41) is 11.7. The average molecular weight is 366 g/mol. The molecule has 4 rings (SSSR count). The molecule has 0 amide bonds. The highest BCUT2D eigenvalue weighted by atomic mass is 32.1. The van der Waals surface area contributed by atoms with Gasteiger partial charge in [-0.25, -0.2) is 0 Å². The van der Waals surface area contributed by atoms with Crippen molar-refractivity contribution in [2.75, 3.05) is 39.4 Å². The fourth-order valence-corrected chi connectivity index (χ4v) is 4.34. The molecule has 0 bridgehead atoms. The minimum absolute atomic E-state index is 0.333. The molecule has 1 aliphatic heterocycles. The number of nitrogens with zero attached hydrogens (tertiary/aromatic N) is 2. The summed E-state index contributed by atoms with van der Waals surface area (Å²) < 4.78 is 6.49. The molecule has 0 atom stereocenters. The van der Waals surface area contributed by atoms with E-state index in [-0.39, 0.29) is 0 Å². The van der Waals surface area contributed by atoms with Crippen molar-refractivity contribution in [2.24, 2.45) is 4.99 Å². The third kappa shape index (κ3) is 3.65. The molecule has 0 saturated carbocycles. The quantitative estimate of drug-likeness (QED) is 0.699. The third-order valence-electron chi connectivity index (χ3n) is 4.62. The number of rotatable bonds is 5. The van der Waals surface area contributed by atoms with Crippen LogP contribution in [0.1, 0.15) is 10.4 Å². The minimum atomic E-state index is 0.333. The van der Waals surface area contributed by atoms with Gasteiger partial charge in [-0.3, -0.25) is 9.89 Å². The number of aliphatic imine (C=N–C) groups is 1. The van der Waals surface area contributed by atoms with Crippen LogP contribution in [-0.4, -0.2) is 55.1 Å². The van der Waals surface area contributed by atoms with Crippen molar-refractivity contribution >= 4 is 27.1 Å². The van der Waals surface area contributed by atoms with Crippen LogP contribution in [0.15, 0.2) is 59.6 Å². The van der Waals surface area contributed by atoms with Crippen LogP contribution in [0.4, 0.5) is 0 Å². The van der Waals surface area contributed by atoms with Crippen LogP contribution >= 0.6 is 11.3 Å². The average Bonchev–Trinajstić information content (AvgIpc) is 3.03. The maximum absolute atomic E-state index is 10.8. The topological polar surface area (TPSA) is 45.1 Å². The van der Waals surface area contributed by atoms with E-state index in [1.165, 1.54) is 0 Å². The Balaban J connectivity index is 1.66. The summed E-state index contributed by atoms with van der Waals surface area (Å²) >= 11 is 1.60. The minimum Gasteiger partial charge on any atom is -0.506 e. The molecule has 0 spiro atoms. The number of thiophene rings is 1. The van der Waals surface area contributed by atoms with Crippen molar-refractivity contribution in [1.82, 2.24) is 4.90 Å². The molecule has 0 aliphatic carbocycles. The number of hydrogen-bond donors (Lipinski definition) is 1. The number of benzene rings is 2. The van der Waals surface area contributed by atoms with E-state index in [2.05, 4.69) is 17.0 Å². The molecule has 1 aromatic heterocycles. The fraction of sp³-hybridized carbons (Fsp3) is 0.286. The first kappa shape index (κ1) is 17.2. The van der Waals surface area contributed by atoms with E-state index in [0.717, 1.165) is 59.1 Å². The van der Waals surface area contributed by atoms with Crippen molar-refractivity contribution < 1.29 is 9.84 Å². The first-order valence-corrected chi connectivity index (χ1v) is 9.75. The molecule has 26 heavy (non-hydrogen) atoms. The second kappa shape index (κ2) is 7.99. The zero-order valence-corrected chi connectivity index (χ0v) is 15.4. The lowest BCUT2D eigenvalue weighted by Gasteiger charge is -2.25. The standard InChI is InChI=1S/C21H22N2O2S/c24-20-17-8-4-5-9-18(17)26-21(20)19(16-6-2-1-3-7-16)22-10-11-23-12-14-25-15-13-23/h1-9,24H,10-15H2. The number of fused-ring (bicyclic) bond motifs is 1. The Morgan fingerprint density at radius 1 is 1.04 bits per heavy atom. The molecular formula is C21H22N2O2S. The van der Waals surface area contributed by atoms with E-state index in [1.807, 2.05) is 42.5 Å². The number of aromatic hydroxyl groups is 1. The monoisotopic (exact) mass is 366 g/mol. The van der Waals surface area contributed by atoms with Crippen molar-refractivity contribution in [2.45, 2.75) is 0 Å². The van der Waals surface area contributed by atoms with Gasteiger partial charge in [-0.15, -0.1) is 11.3 Å². The SMILES string of the molecule is Oc1c(C(=NCCN2CCOCC2)c2ccccc2)sc2ccccc12. The van der Waals surface area contributed by atoms with Gasteiger partial charge in [0.2, 0.25) is 0 Å². The number of morpholine rings is 1. The van der Waals surface area contributed by atoms with Crippen molar-refractivity contribution in [3.05, 3.63) is 65.0 Å². The van der Waals surface area contributed by atoms with Crippen LogP contribution < -0.4 is 0 Å². The largest absolute Gasteiger partial charge is 0.506 e. The molecular weight excluding hydrogens is 344 g/mol. The van der Waals surface area contributed by atoms with Gasteiger partial charge in [-0.05, 0) is 12.1 Å². The first-order chi connectivity index (χ1) is 12.8. The molecule has 5 heteroatoms. The lowest BCUT2D eigenvalue weighted by atomic mass is 10.1. The molecule has 0 radical (unpaired) electrons. The van der Waals surface area contributed by atoms with Gasteiger partial charge in [0.1, 0.15) is 5.75 Å². The molecule has 134 valence electrons. The Morgan fingerprint density at radius 3 is 2.54 bits per heavy atom. The summed E-state index contributed by atoms with van der Waals surface area (Å²) in [6.07, 6.45) is 0. The molecule has 4 nitrogen and oxygen atoms in total. The van der Waals surface area contributed by atoms with Crippen molar-refractivity contribution in [3.63, 3.8) is 0 Å². The highest BCUT2D eigenvalue weighted by Crippen LogP contribution is 2.38. The van der Waals surface area contributed by atoms with Gasteiger partial charge in [-0.2, -0.15) is 0 Å². The van der Waals surface area contributed by atoms with Crippen LogP contribution in [-0.2, 0) is 4.74 Å². The molecule has 1 N–H and O–H groups in total. The summed E-state index contributed by atoms with van der Waals surface area (Å²) in [5.74, 6) is 0.333. The molecule has 1 fully saturated rings. The van der Waals surface area contributed by atoms with Gasteiger partial charge in [-0.1, -0.05) is 42.5 Å². The molecule has 2 heterocycles. The molecule has 0 unspecified atom stereocenters. The zero-order valence-electron chi connectivity index (χ0n) is 14.6. The fourth-order valence-electron chi connectivity index (χ4n) is 3.21. The molecule has 1 aliphatic rings. The smallest absolute Gasteiger partial charge is 0.143 e. The summed E-state index contributed by atoms with van der Waals surface area (Å²) in [6, 6.07) is 18.1. The van der Waals surface area contributed by atoms with Crippen LogP contribution in [0.3, 0.4) is 0 Å². The normalized spacial score (nSPS) is 16.2. The van der Waals surface area contributed by atoms with E-state index in [0.29, 0.717) is 12.3 Å². The predicted octanol–water partition coefficient (Wildman–Crippen LogP) is 3.78. The van der Waals surface area contributed by atoms with E-state index >= 15 is 0 Å². The molecule has 1 saturated heterocycles. The number of ether oxygens (including phenoxy) is 1. The lowest BCUT2D eigenvalue weighted by molar-refractivity contribution is 0.0394. The van der Waals surface area contributed by atoms with Gasteiger partial charge >= 0.3 is 0 Å². The van der Waals surface area contributed by atoms with Crippen molar-refractivity contribution in [1.29, 1.82) is 0 Å². The van der Waals surface area contributed by atoms with Gasteiger partial charge in [0.15, 0.2) is 0 Å². The zero-order chi connectivity index (χ0) is 17.8. The van der Waals surface area contributed by atoms with E-state index in [9.17, 15) is 5.11 Å². The van der Waals surface area contributed by atoms with Crippen LogP contribution in [0.2, 0.25) is 0 Å². The Hall–Kier alpha value is -2.21. The van der Waals surface area contributed by atoms with Crippen LogP contribution in [0.5, 0.6) is 5.75 Å². The summed E-state index contributed by atoms with van der Waals surface area (Å²) in [7, 11) is 0. The molecule has 2 aromatic carbocycles. The number of hydrogen-bond acceptors (Lipinski definition) is 5. The Kier molecular flexibility index (Phi) is 5.29. The second-order valence-electron chi connectivity index (χ2n) is 6.33. The second-order valence-corrected chi connectivity index (χ2v) is 7.38. The maximum Gasteiger partial charge on any atom is 0.143 e. The van der Waals surface area contributed by atoms with Gasteiger partial charge in [0.25, 0.3) is 0 Å². The third-order valence-corrected chi connectivity index (χ3v) is 5.79. The maximum atomic E-state index is 10.8. The van der Waals surface area contributed by atoms with E-state index in [4.69, 9.17) is 9.73 Å². The highest BCUT2D eigenvalue weighted by molar-refractivity contribution is 7.21.